The van der Waals surface area contributed by atoms with Gasteiger partial charge in [0.2, 0.25) is 0 Å². The molecule has 0 saturated heterocycles. The van der Waals surface area contributed by atoms with E-state index >= 15 is 8.78 Å². The van der Waals surface area contributed by atoms with E-state index < -0.39 is 23.3 Å². The van der Waals surface area contributed by atoms with Crippen LogP contribution in [0.25, 0.3) is 32.1 Å². The second-order valence-electron chi connectivity index (χ2n) is 13.3. The number of aromatic nitrogens is 2. The third-order valence-electron chi connectivity index (χ3n) is 8.86. The summed E-state index contributed by atoms with van der Waals surface area (Å²) in [7, 11) is 5.71. The standard InChI is InChI=1S/C35H42F2N6O3S2/c1-9-47-32-40-29-26(30(41-32)39-18-35(43(6)7)14-10-11-15-35)21(17-45-8)19(2)24(28(29)37)27-22(36)12-13-23-25(27)20(16-38)31(48-23)42-33(44)46-34(3,4)5/h12-13H,9-11,14-15,17-18H2,1-8H3,(H,42,44)(H,39,40,41). The molecule has 1 saturated carbocycles. The van der Waals surface area contributed by atoms with Crippen LogP contribution in [0.4, 0.5) is 24.4 Å². The van der Waals surface area contributed by atoms with E-state index in [0.29, 0.717) is 44.5 Å². The van der Waals surface area contributed by atoms with Gasteiger partial charge in [0.15, 0.2) is 11.0 Å². The third kappa shape index (κ3) is 6.81. The van der Waals surface area contributed by atoms with E-state index in [1.54, 1.807) is 34.8 Å². The molecule has 1 amide bonds. The summed E-state index contributed by atoms with van der Waals surface area (Å²) in [6.45, 7) is 9.56. The van der Waals surface area contributed by atoms with Crippen molar-refractivity contribution in [3.63, 3.8) is 0 Å². The van der Waals surface area contributed by atoms with Crippen LogP contribution in [-0.2, 0) is 16.1 Å². The van der Waals surface area contributed by atoms with Crippen LogP contribution in [0, 0.1) is 29.9 Å². The number of likely N-dealkylation sites (N-methyl/N-ethyl adjacent to an activating group) is 1. The van der Waals surface area contributed by atoms with Crippen LogP contribution >= 0.6 is 23.1 Å². The minimum Gasteiger partial charge on any atom is -0.444 e. The van der Waals surface area contributed by atoms with Crippen LogP contribution in [0.15, 0.2) is 17.3 Å². The molecule has 1 aliphatic carbocycles. The van der Waals surface area contributed by atoms with E-state index in [2.05, 4.69) is 40.7 Å². The second kappa shape index (κ2) is 14.1. The lowest BCUT2D eigenvalue weighted by Crippen LogP contribution is -2.47. The Morgan fingerprint density at radius 1 is 1.17 bits per heavy atom. The molecule has 5 rings (SSSR count). The lowest BCUT2D eigenvalue weighted by molar-refractivity contribution is 0.0636. The molecule has 1 fully saturated rings. The molecule has 0 atom stereocenters. The molecule has 2 heterocycles. The minimum atomic E-state index is -0.775. The molecule has 0 radical (unpaired) electrons. The van der Waals surface area contributed by atoms with E-state index in [0.717, 1.165) is 37.0 Å². The Morgan fingerprint density at radius 3 is 2.48 bits per heavy atom. The molecule has 0 spiro atoms. The van der Waals surface area contributed by atoms with Crippen molar-refractivity contribution in [3.05, 3.63) is 40.5 Å². The fourth-order valence-electron chi connectivity index (χ4n) is 6.51. The smallest absolute Gasteiger partial charge is 0.412 e. The lowest BCUT2D eigenvalue weighted by Gasteiger charge is -2.36. The quantitative estimate of drug-likeness (QED) is 0.124. The molecule has 4 aromatic rings. The number of methoxy groups -OCH3 is 1. The number of ether oxygens (including phenoxy) is 2. The number of hydrogen-bond acceptors (Lipinski definition) is 10. The highest BCUT2D eigenvalue weighted by molar-refractivity contribution is 7.99. The van der Waals surface area contributed by atoms with Crippen molar-refractivity contribution in [1.82, 2.24) is 14.9 Å². The Hall–Kier alpha value is -3.57. The second-order valence-corrected chi connectivity index (χ2v) is 15.5. The van der Waals surface area contributed by atoms with Crippen LogP contribution in [0.1, 0.15) is 70.1 Å². The average molecular weight is 697 g/mol. The van der Waals surface area contributed by atoms with Crippen molar-refractivity contribution >= 4 is 61.0 Å². The Labute approximate surface area is 288 Å². The van der Waals surface area contributed by atoms with Gasteiger partial charge < -0.3 is 19.7 Å². The molecule has 1 aliphatic rings. The number of rotatable bonds is 10. The maximum atomic E-state index is 17.2. The molecule has 2 aromatic carbocycles. The molecule has 9 nitrogen and oxygen atoms in total. The number of hydrogen-bond donors (Lipinski definition) is 2. The number of anilines is 2. The number of halogens is 2. The van der Waals surface area contributed by atoms with Gasteiger partial charge in [-0.25, -0.2) is 23.5 Å². The molecule has 0 unspecified atom stereocenters. The molecular weight excluding hydrogens is 655 g/mol. The number of benzene rings is 2. The van der Waals surface area contributed by atoms with Crippen molar-refractivity contribution in [3.8, 4) is 17.2 Å². The number of nitrogens with zero attached hydrogens (tertiary/aromatic N) is 4. The number of thioether (sulfide) groups is 1. The van der Waals surface area contributed by atoms with Crippen molar-refractivity contribution in [1.29, 1.82) is 5.26 Å². The number of nitriles is 1. The maximum absolute atomic E-state index is 17.2. The van der Waals surface area contributed by atoms with E-state index in [-0.39, 0.29) is 44.7 Å². The first-order valence-corrected chi connectivity index (χ1v) is 17.8. The molecule has 2 N–H and O–H groups in total. The molecular formula is C35H42F2N6O3S2. The highest BCUT2D eigenvalue weighted by atomic mass is 32.2. The topological polar surface area (TPSA) is 112 Å². The lowest BCUT2D eigenvalue weighted by atomic mass is 9.89. The summed E-state index contributed by atoms with van der Waals surface area (Å²) in [6, 6.07) is 4.89. The fourth-order valence-corrected chi connectivity index (χ4v) is 8.13. The predicted octanol–water partition coefficient (Wildman–Crippen LogP) is 8.86. The Bertz CT molecular complexity index is 1910. The van der Waals surface area contributed by atoms with Gasteiger partial charge in [-0.3, -0.25) is 5.32 Å². The van der Waals surface area contributed by atoms with E-state index in [1.807, 2.05) is 6.92 Å². The van der Waals surface area contributed by atoms with Crippen LogP contribution in [0.3, 0.4) is 0 Å². The fraction of sp³-hybridized carbons (Fsp3) is 0.486. The van der Waals surface area contributed by atoms with Crippen LogP contribution < -0.4 is 10.6 Å². The third-order valence-corrected chi connectivity index (χ3v) is 10.7. The van der Waals surface area contributed by atoms with Crippen LogP contribution in [-0.4, -0.2) is 65.6 Å². The monoisotopic (exact) mass is 696 g/mol. The van der Waals surface area contributed by atoms with E-state index in [4.69, 9.17) is 14.5 Å². The summed E-state index contributed by atoms with van der Waals surface area (Å²) in [5, 5.41) is 17.8. The first-order valence-electron chi connectivity index (χ1n) is 16.0. The van der Waals surface area contributed by atoms with E-state index in [1.165, 1.54) is 23.9 Å². The van der Waals surface area contributed by atoms with Crippen LogP contribution in [0.2, 0.25) is 0 Å². The molecule has 13 heteroatoms. The number of nitrogens with one attached hydrogen (secondary N) is 2. The number of thiophene rings is 1. The summed E-state index contributed by atoms with van der Waals surface area (Å²) in [4.78, 5) is 24.4. The summed E-state index contributed by atoms with van der Waals surface area (Å²) < 4.78 is 44.9. The van der Waals surface area contributed by atoms with E-state index in [9.17, 15) is 10.1 Å². The Kier molecular flexibility index (Phi) is 10.5. The Morgan fingerprint density at radius 2 is 1.88 bits per heavy atom. The zero-order valence-electron chi connectivity index (χ0n) is 28.7. The predicted molar refractivity (Wildman–Crippen MR) is 190 cm³/mol. The van der Waals surface area contributed by atoms with Gasteiger partial charge in [-0.2, -0.15) is 5.26 Å². The molecule has 0 bridgehead atoms. The van der Waals surface area contributed by atoms with Gasteiger partial charge in [-0.15, -0.1) is 11.3 Å². The zero-order valence-corrected chi connectivity index (χ0v) is 30.3. The van der Waals surface area contributed by atoms with Crippen molar-refractivity contribution in [2.75, 3.05) is 44.1 Å². The number of carbonyl (C=O) groups excluding carboxylic acids is 1. The van der Waals surface area contributed by atoms with Crippen molar-refractivity contribution in [2.45, 2.75) is 83.2 Å². The van der Waals surface area contributed by atoms with Crippen LogP contribution in [0.5, 0.6) is 0 Å². The average Bonchev–Trinajstić information content (AvgIpc) is 3.64. The van der Waals surface area contributed by atoms with Gasteiger partial charge in [0.1, 0.15) is 33.8 Å². The SMILES string of the molecule is CCSc1nc(NCC2(N(C)C)CCCC2)c2c(COC)c(C)c(-c3c(F)ccc4sc(NC(=O)OC(C)(C)C)c(C#N)c34)c(F)c2n1. The van der Waals surface area contributed by atoms with Gasteiger partial charge in [0.25, 0.3) is 0 Å². The summed E-state index contributed by atoms with van der Waals surface area (Å²) >= 11 is 2.48. The minimum absolute atomic E-state index is 0.0142. The highest BCUT2D eigenvalue weighted by Gasteiger charge is 2.36. The zero-order chi connectivity index (χ0) is 35.0. The Balaban J connectivity index is 1.77. The van der Waals surface area contributed by atoms with Crippen molar-refractivity contribution < 1.29 is 23.0 Å². The summed E-state index contributed by atoms with van der Waals surface area (Å²) in [5.74, 6) is -0.271. The maximum Gasteiger partial charge on any atom is 0.412 e. The first kappa shape index (κ1) is 35.7. The highest BCUT2D eigenvalue weighted by Crippen LogP contribution is 2.47. The van der Waals surface area contributed by atoms with Gasteiger partial charge >= 0.3 is 6.09 Å². The van der Waals surface area contributed by atoms with Gasteiger partial charge in [-0.1, -0.05) is 31.5 Å². The number of amides is 1. The molecule has 256 valence electrons. The largest absolute Gasteiger partial charge is 0.444 e. The molecule has 2 aromatic heterocycles. The normalized spacial score (nSPS) is 14.5. The van der Waals surface area contributed by atoms with Gasteiger partial charge in [0.05, 0.1) is 17.6 Å². The summed E-state index contributed by atoms with van der Waals surface area (Å²) in [5.41, 5.74) is 0.163. The van der Waals surface area contributed by atoms with Gasteiger partial charge in [-0.05, 0) is 83.6 Å². The summed E-state index contributed by atoms with van der Waals surface area (Å²) in [6.07, 6.45) is 3.57. The molecule has 0 aliphatic heterocycles. The first-order chi connectivity index (χ1) is 22.7. The number of fused-ring (bicyclic) bond motifs is 2. The van der Waals surface area contributed by atoms with Gasteiger partial charge in [0, 0.05) is 40.4 Å². The molecule has 48 heavy (non-hydrogen) atoms. The van der Waals surface area contributed by atoms with Crippen molar-refractivity contribution in [2.24, 2.45) is 0 Å². The number of carbonyl (C=O) groups is 1.